The zero-order chi connectivity index (χ0) is 14.4. The number of rotatable bonds is 2. The fraction of sp³-hybridized carbons (Fsp3) is 0.143. The summed E-state index contributed by atoms with van der Waals surface area (Å²) in [6, 6.07) is 5.73. The fourth-order valence-electron chi connectivity index (χ4n) is 2.19. The summed E-state index contributed by atoms with van der Waals surface area (Å²) >= 11 is 0. The molecule has 7 nitrogen and oxygen atoms in total. The van der Waals surface area contributed by atoms with Crippen molar-refractivity contribution in [3.8, 4) is 23.0 Å². The molecule has 0 aromatic carbocycles. The van der Waals surface area contributed by atoms with Gasteiger partial charge in [0.05, 0.1) is 16.6 Å². The molecule has 4 aromatic rings. The van der Waals surface area contributed by atoms with Gasteiger partial charge in [0, 0.05) is 19.4 Å². The molecule has 104 valence electrons. The lowest BCUT2D eigenvalue weighted by Crippen LogP contribution is -1.88. The van der Waals surface area contributed by atoms with E-state index in [1.54, 1.807) is 6.20 Å². The summed E-state index contributed by atoms with van der Waals surface area (Å²) in [5.74, 6) is 0.890. The highest BCUT2D eigenvalue weighted by atomic mass is 16.5. The lowest BCUT2D eigenvalue weighted by atomic mass is 10.2. The van der Waals surface area contributed by atoms with E-state index in [-0.39, 0.29) is 0 Å². The first-order valence-corrected chi connectivity index (χ1v) is 6.40. The SMILES string of the molecule is Cc1noc2ncc(-c3nnc(-c4cccn4C)o3)cc12. The van der Waals surface area contributed by atoms with Crippen LogP contribution >= 0.6 is 0 Å². The summed E-state index contributed by atoms with van der Waals surface area (Å²) in [4.78, 5) is 4.21. The van der Waals surface area contributed by atoms with Crippen LogP contribution < -0.4 is 0 Å². The van der Waals surface area contributed by atoms with Crippen LogP contribution in [-0.4, -0.2) is 24.9 Å². The van der Waals surface area contributed by atoms with Crippen LogP contribution in [0.1, 0.15) is 5.69 Å². The van der Waals surface area contributed by atoms with Gasteiger partial charge >= 0.3 is 0 Å². The molecule has 4 rings (SSSR count). The Labute approximate surface area is 119 Å². The van der Waals surface area contributed by atoms with Crippen LogP contribution in [0.5, 0.6) is 0 Å². The molecule has 0 fully saturated rings. The second-order valence-electron chi connectivity index (χ2n) is 4.76. The van der Waals surface area contributed by atoms with Gasteiger partial charge in [0.2, 0.25) is 5.89 Å². The summed E-state index contributed by atoms with van der Waals surface area (Å²) in [7, 11) is 1.92. The molecule has 0 saturated carbocycles. The lowest BCUT2D eigenvalue weighted by molar-refractivity contribution is 0.443. The Bertz CT molecular complexity index is 934. The van der Waals surface area contributed by atoms with Crippen molar-refractivity contribution in [2.45, 2.75) is 6.92 Å². The highest BCUT2D eigenvalue weighted by Gasteiger charge is 2.14. The van der Waals surface area contributed by atoms with Crippen molar-refractivity contribution in [1.29, 1.82) is 0 Å². The van der Waals surface area contributed by atoms with Crippen LogP contribution in [0.3, 0.4) is 0 Å². The third-order valence-corrected chi connectivity index (χ3v) is 3.34. The van der Waals surface area contributed by atoms with Crippen LogP contribution in [-0.2, 0) is 7.05 Å². The molecule has 0 atom stereocenters. The Kier molecular flexibility index (Phi) is 2.41. The number of pyridine rings is 1. The second kappa shape index (κ2) is 4.27. The summed E-state index contributed by atoms with van der Waals surface area (Å²) in [6.45, 7) is 1.86. The Hall–Kier alpha value is -2.96. The first-order valence-electron chi connectivity index (χ1n) is 6.40. The van der Waals surface area contributed by atoms with Crippen LogP contribution in [0, 0.1) is 6.92 Å². The van der Waals surface area contributed by atoms with Gasteiger partial charge in [0.1, 0.15) is 5.69 Å². The lowest BCUT2D eigenvalue weighted by Gasteiger charge is -1.96. The highest BCUT2D eigenvalue weighted by Crippen LogP contribution is 2.26. The van der Waals surface area contributed by atoms with E-state index in [9.17, 15) is 0 Å². The molecule has 0 aliphatic carbocycles. The van der Waals surface area contributed by atoms with Crippen molar-refractivity contribution >= 4 is 11.1 Å². The minimum absolute atomic E-state index is 0.418. The molecule has 0 aliphatic rings. The number of nitrogens with zero attached hydrogens (tertiary/aromatic N) is 5. The monoisotopic (exact) mass is 281 g/mol. The predicted octanol–water partition coefficient (Wildman–Crippen LogP) is 2.59. The van der Waals surface area contributed by atoms with Gasteiger partial charge in [0.25, 0.3) is 11.6 Å². The number of hydrogen-bond acceptors (Lipinski definition) is 6. The van der Waals surface area contributed by atoms with Crippen molar-refractivity contribution in [2.75, 3.05) is 0 Å². The first kappa shape index (κ1) is 11.8. The van der Waals surface area contributed by atoms with Gasteiger partial charge in [-0.15, -0.1) is 10.2 Å². The minimum atomic E-state index is 0.418. The molecular weight excluding hydrogens is 270 g/mol. The zero-order valence-corrected chi connectivity index (χ0v) is 11.4. The zero-order valence-electron chi connectivity index (χ0n) is 11.4. The Morgan fingerprint density at radius 3 is 2.86 bits per heavy atom. The third-order valence-electron chi connectivity index (χ3n) is 3.34. The van der Waals surface area contributed by atoms with Crippen LogP contribution in [0.4, 0.5) is 0 Å². The van der Waals surface area contributed by atoms with Crippen LogP contribution in [0.2, 0.25) is 0 Å². The molecule has 0 N–H and O–H groups in total. The largest absolute Gasteiger partial charge is 0.415 e. The molecule has 0 bridgehead atoms. The van der Waals surface area contributed by atoms with Crippen molar-refractivity contribution < 1.29 is 8.94 Å². The van der Waals surface area contributed by atoms with Crippen molar-refractivity contribution in [3.05, 3.63) is 36.3 Å². The fourth-order valence-corrected chi connectivity index (χ4v) is 2.19. The molecule has 0 radical (unpaired) electrons. The van der Waals surface area contributed by atoms with Gasteiger partial charge in [-0.2, -0.15) is 0 Å². The molecule has 4 aromatic heterocycles. The quantitative estimate of drug-likeness (QED) is 0.561. The van der Waals surface area contributed by atoms with E-state index in [0.29, 0.717) is 17.5 Å². The van der Waals surface area contributed by atoms with E-state index >= 15 is 0 Å². The van der Waals surface area contributed by atoms with Gasteiger partial charge in [-0.3, -0.25) is 0 Å². The summed E-state index contributed by atoms with van der Waals surface area (Å²) in [5.41, 5.74) is 2.88. The summed E-state index contributed by atoms with van der Waals surface area (Å²) in [6.07, 6.45) is 3.56. The van der Waals surface area contributed by atoms with Gasteiger partial charge in [-0.1, -0.05) is 5.16 Å². The van der Waals surface area contributed by atoms with E-state index in [4.69, 9.17) is 8.94 Å². The van der Waals surface area contributed by atoms with Crippen molar-refractivity contribution in [1.82, 2.24) is 24.9 Å². The maximum absolute atomic E-state index is 5.73. The maximum Gasteiger partial charge on any atom is 0.264 e. The summed E-state index contributed by atoms with van der Waals surface area (Å²) < 4.78 is 12.7. The molecule has 0 unspecified atom stereocenters. The second-order valence-corrected chi connectivity index (χ2v) is 4.76. The summed E-state index contributed by atoms with van der Waals surface area (Å²) in [5, 5.41) is 12.9. The molecule has 0 spiro atoms. The standard InChI is InChI=1S/C14H11N5O2/c1-8-10-6-9(7-15-13(10)21-18-8)12-16-17-14(20-12)11-4-3-5-19(11)2/h3-7H,1-2H3. The Morgan fingerprint density at radius 1 is 1.19 bits per heavy atom. The van der Waals surface area contributed by atoms with Gasteiger partial charge in [0.15, 0.2) is 0 Å². The molecule has 0 aliphatic heterocycles. The normalized spacial score (nSPS) is 11.3. The highest BCUT2D eigenvalue weighted by molar-refractivity contribution is 5.79. The topological polar surface area (TPSA) is 82.8 Å². The van der Waals surface area contributed by atoms with E-state index in [0.717, 1.165) is 22.3 Å². The average Bonchev–Trinajstić information content (AvgIpc) is 3.19. The van der Waals surface area contributed by atoms with E-state index in [1.807, 2.05) is 42.9 Å². The molecule has 4 heterocycles. The smallest absolute Gasteiger partial charge is 0.264 e. The molecule has 21 heavy (non-hydrogen) atoms. The number of aryl methyl sites for hydroxylation is 2. The number of aromatic nitrogens is 5. The van der Waals surface area contributed by atoms with E-state index < -0.39 is 0 Å². The molecular formula is C14H11N5O2. The minimum Gasteiger partial charge on any atom is -0.415 e. The van der Waals surface area contributed by atoms with E-state index in [2.05, 4.69) is 20.3 Å². The van der Waals surface area contributed by atoms with Gasteiger partial charge in [-0.05, 0) is 25.1 Å². The van der Waals surface area contributed by atoms with Crippen molar-refractivity contribution in [3.63, 3.8) is 0 Å². The molecule has 0 saturated heterocycles. The van der Waals surface area contributed by atoms with E-state index in [1.165, 1.54) is 0 Å². The van der Waals surface area contributed by atoms with Crippen LogP contribution in [0.25, 0.3) is 34.1 Å². The van der Waals surface area contributed by atoms with Gasteiger partial charge < -0.3 is 13.5 Å². The number of hydrogen-bond donors (Lipinski definition) is 0. The van der Waals surface area contributed by atoms with Crippen molar-refractivity contribution in [2.24, 2.45) is 7.05 Å². The Morgan fingerprint density at radius 2 is 2.05 bits per heavy atom. The first-order chi connectivity index (χ1) is 10.2. The van der Waals surface area contributed by atoms with Gasteiger partial charge in [-0.25, -0.2) is 4.98 Å². The maximum atomic E-state index is 5.73. The Balaban J connectivity index is 1.80. The predicted molar refractivity (Wildman–Crippen MR) is 74.2 cm³/mol. The number of fused-ring (bicyclic) bond motifs is 1. The third kappa shape index (κ3) is 1.82. The average molecular weight is 281 g/mol. The van der Waals surface area contributed by atoms with Crippen LogP contribution in [0.15, 0.2) is 39.5 Å². The molecule has 0 amide bonds. The molecule has 7 heteroatoms.